The highest BCUT2D eigenvalue weighted by Gasteiger charge is 2.16. The van der Waals surface area contributed by atoms with Crippen LogP contribution in [0, 0.1) is 20.8 Å². The lowest BCUT2D eigenvalue weighted by Crippen LogP contribution is -2.23. The lowest BCUT2D eigenvalue weighted by atomic mass is 10.1. The molecule has 1 aromatic heterocycles. The third kappa shape index (κ3) is 4.42. The van der Waals surface area contributed by atoms with E-state index >= 15 is 0 Å². The molecule has 1 N–H and O–H groups in total. The van der Waals surface area contributed by atoms with Crippen LogP contribution in [-0.4, -0.2) is 21.2 Å². The average Bonchev–Trinajstić information content (AvgIpc) is 2.78. The summed E-state index contributed by atoms with van der Waals surface area (Å²) >= 11 is 7.54. The number of anilines is 1. The molecule has 0 aliphatic carbocycles. The summed E-state index contributed by atoms with van der Waals surface area (Å²) in [5, 5.41) is 4.46. The zero-order valence-corrected chi connectivity index (χ0v) is 19.6. The van der Waals surface area contributed by atoms with E-state index in [4.69, 9.17) is 11.6 Å². The average molecular weight is 464 g/mol. The molecule has 4 rings (SSSR count). The largest absolute Gasteiger partial charge is 0.325 e. The molecular formula is C25H22ClN3O2S. The highest BCUT2D eigenvalue weighted by atomic mass is 35.5. The molecule has 1 heterocycles. The Balaban J connectivity index is 1.69. The van der Waals surface area contributed by atoms with E-state index in [0.29, 0.717) is 26.8 Å². The van der Waals surface area contributed by atoms with Crippen LogP contribution in [0.2, 0.25) is 5.02 Å². The summed E-state index contributed by atoms with van der Waals surface area (Å²) in [5.74, 6) is -0.0582. The van der Waals surface area contributed by atoms with Gasteiger partial charge in [0.05, 0.1) is 22.3 Å². The molecule has 162 valence electrons. The number of para-hydroxylation sites is 1. The lowest BCUT2D eigenvalue weighted by Gasteiger charge is -2.14. The summed E-state index contributed by atoms with van der Waals surface area (Å²) in [4.78, 5) is 30.7. The lowest BCUT2D eigenvalue weighted by molar-refractivity contribution is -0.113. The van der Waals surface area contributed by atoms with Gasteiger partial charge in [-0.1, -0.05) is 53.7 Å². The van der Waals surface area contributed by atoms with Gasteiger partial charge in [-0.05, 0) is 67.8 Å². The van der Waals surface area contributed by atoms with Crippen molar-refractivity contribution >= 4 is 45.9 Å². The number of aryl methyl sites for hydroxylation is 2. The van der Waals surface area contributed by atoms with Gasteiger partial charge in [0.2, 0.25) is 5.91 Å². The van der Waals surface area contributed by atoms with E-state index in [1.54, 1.807) is 18.2 Å². The second-order valence-corrected chi connectivity index (χ2v) is 8.92. The number of benzene rings is 3. The summed E-state index contributed by atoms with van der Waals surface area (Å²) in [6.45, 7) is 5.88. The van der Waals surface area contributed by atoms with Crippen molar-refractivity contribution in [1.82, 2.24) is 9.55 Å². The number of nitrogens with zero attached hydrogens (tertiary/aromatic N) is 2. The number of hydrogen-bond acceptors (Lipinski definition) is 4. The minimum atomic E-state index is -0.201. The minimum Gasteiger partial charge on any atom is -0.325 e. The molecule has 0 aliphatic heterocycles. The number of rotatable bonds is 5. The second-order valence-electron chi connectivity index (χ2n) is 7.57. The molecule has 5 nitrogen and oxygen atoms in total. The topological polar surface area (TPSA) is 64.0 Å². The van der Waals surface area contributed by atoms with Crippen molar-refractivity contribution < 1.29 is 4.79 Å². The molecule has 32 heavy (non-hydrogen) atoms. The molecule has 0 radical (unpaired) electrons. The van der Waals surface area contributed by atoms with Gasteiger partial charge in [0.1, 0.15) is 0 Å². The van der Waals surface area contributed by atoms with E-state index in [1.807, 2.05) is 63.2 Å². The number of carbonyl (C=O) groups excluding carboxylic acids is 1. The van der Waals surface area contributed by atoms with Crippen molar-refractivity contribution in [3.63, 3.8) is 0 Å². The Morgan fingerprint density at radius 2 is 1.81 bits per heavy atom. The molecule has 1 amide bonds. The molecule has 7 heteroatoms. The van der Waals surface area contributed by atoms with Crippen LogP contribution >= 0.6 is 23.4 Å². The standard InChI is InChI=1S/C25H22ClN3O2S/c1-15-7-6-10-21(17(15)3)27-23(30)14-32-25-28-22-9-5-4-8-19(22)24(31)29(25)18-12-11-16(2)20(26)13-18/h4-13H,14H2,1-3H3,(H,27,30). The van der Waals surface area contributed by atoms with Crippen LogP contribution in [0.3, 0.4) is 0 Å². The predicted molar refractivity (Wildman–Crippen MR) is 132 cm³/mol. The molecule has 0 fully saturated rings. The maximum Gasteiger partial charge on any atom is 0.266 e. The van der Waals surface area contributed by atoms with Gasteiger partial charge in [-0.2, -0.15) is 0 Å². The third-order valence-corrected chi connectivity index (χ3v) is 6.72. The summed E-state index contributed by atoms with van der Waals surface area (Å²) in [6.07, 6.45) is 0. The first kappa shape index (κ1) is 22.1. The minimum absolute atomic E-state index is 0.109. The van der Waals surface area contributed by atoms with E-state index in [1.165, 1.54) is 16.3 Å². The van der Waals surface area contributed by atoms with Crippen molar-refractivity contribution in [2.24, 2.45) is 0 Å². The van der Waals surface area contributed by atoms with E-state index in [9.17, 15) is 9.59 Å². The zero-order valence-electron chi connectivity index (χ0n) is 18.0. The predicted octanol–water partition coefficient (Wildman–Crippen LogP) is 5.70. The van der Waals surface area contributed by atoms with Gasteiger partial charge in [0, 0.05) is 10.7 Å². The Labute approximate surface area is 195 Å². The van der Waals surface area contributed by atoms with Crippen LogP contribution < -0.4 is 10.9 Å². The van der Waals surface area contributed by atoms with Crippen molar-refractivity contribution in [2.45, 2.75) is 25.9 Å². The molecular weight excluding hydrogens is 442 g/mol. The Hall–Kier alpha value is -3.09. The normalized spacial score (nSPS) is 11.0. The van der Waals surface area contributed by atoms with Gasteiger partial charge >= 0.3 is 0 Å². The van der Waals surface area contributed by atoms with Gasteiger partial charge in [-0.3, -0.25) is 14.2 Å². The first-order valence-electron chi connectivity index (χ1n) is 10.1. The summed E-state index contributed by atoms with van der Waals surface area (Å²) in [6, 6.07) is 18.4. The van der Waals surface area contributed by atoms with Crippen LogP contribution in [0.25, 0.3) is 16.6 Å². The number of carbonyl (C=O) groups is 1. The van der Waals surface area contributed by atoms with Crippen molar-refractivity contribution in [2.75, 3.05) is 11.1 Å². The molecule has 3 aromatic carbocycles. The molecule has 4 aromatic rings. The Morgan fingerprint density at radius 3 is 2.59 bits per heavy atom. The fraction of sp³-hybridized carbons (Fsp3) is 0.160. The number of aromatic nitrogens is 2. The maximum absolute atomic E-state index is 13.3. The summed E-state index contributed by atoms with van der Waals surface area (Å²) in [5.41, 5.74) is 4.83. The van der Waals surface area contributed by atoms with E-state index in [-0.39, 0.29) is 17.2 Å². The molecule has 0 aliphatic rings. The first-order valence-corrected chi connectivity index (χ1v) is 11.5. The fourth-order valence-corrected chi connectivity index (χ4v) is 4.35. The van der Waals surface area contributed by atoms with Gasteiger partial charge in [-0.25, -0.2) is 4.98 Å². The van der Waals surface area contributed by atoms with E-state index in [2.05, 4.69) is 10.3 Å². The van der Waals surface area contributed by atoms with Crippen LogP contribution in [0.4, 0.5) is 5.69 Å². The van der Waals surface area contributed by atoms with Crippen LogP contribution in [0.1, 0.15) is 16.7 Å². The molecule has 0 unspecified atom stereocenters. The van der Waals surface area contributed by atoms with E-state index in [0.717, 1.165) is 22.4 Å². The zero-order chi connectivity index (χ0) is 22.8. The summed E-state index contributed by atoms with van der Waals surface area (Å²) in [7, 11) is 0. The highest BCUT2D eigenvalue weighted by Crippen LogP contribution is 2.25. The van der Waals surface area contributed by atoms with Gasteiger partial charge in [0.25, 0.3) is 5.56 Å². The van der Waals surface area contributed by atoms with Crippen LogP contribution in [0.15, 0.2) is 70.6 Å². The molecule has 0 bridgehead atoms. The first-order chi connectivity index (χ1) is 15.3. The van der Waals surface area contributed by atoms with Gasteiger partial charge in [-0.15, -0.1) is 0 Å². The Bertz CT molecular complexity index is 1400. The van der Waals surface area contributed by atoms with Crippen molar-refractivity contribution in [3.8, 4) is 5.69 Å². The van der Waals surface area contributed by atoms with E-state index < -0.39 is 0 Å². The number of thioether (sulfide) groups is 1. The molecule has 0 spiro atoms. The smallest absolute Gasteiger partial charge is 0.266 e. The third-order valence-electron chi connectivity index (χ3n) is 5.37. The van der Waals surface area contributed by atoms with Gasteiger partial charge in [0.15, 0.2) is 5.16 Å². The highest BCUT2D eigenvalue weighted by molar-refractivity contribution is 7.99. The van der Waals surface area contributed by atoms with Crippen LogP contribution in [0.5, 0.6) is 0 Å². The number of fused-ring (bicyclic) bond motifs is 1. The molecule has 0 saturated heterocycles. The number of hydrogen-bond donors (Lipinski definition) is 1. The maximum atomic E-state index is 13.3. The SMILES string of the molecule is Cc1ccc(-n2c(SCC(=O)Nc3cccc(C)c3C)nc3ccccc3c2=O)cc1Cl. The number of nitrogens with one attached hydrogen (secondary N) is 1. The number of halogens is 1. The summed E-state index contributed by atoms with van der Waals surface area (Å²) < 4.78 is 1.52. The number of amides is 1. The second kappa shape index (κ2) is 9.18. The Kier molecular flexibility index (Phi) is 6.35. The monoisotopic (exact) mass is 463 g/mol. The quantitative estimate of drug-likeness (QED) is 0.305. The van der Waals surface area contributed by atoms with Crippen molar-refractivity contribution in [3.05, 3.63) is 92.7 Å². The van der Waals surface area contributed by atoms with Crippen LogP contribution in [-0.2, 0) is 4.79 Å². The fourth-order valence-electron chi connectivity index (χ4n) is 3.36. The van der Waals surface area contributed by atoms with Crippen molar-refractivity contribution in [1.29, 1.82) is 0 Å². The molecule has 0 atom stereocenters. The van der Waals surface area contributed by atoms with Gasteiger partial charge < -0.3 is 5.32 Å². The Morgan fingerprint density at radius 1 is 1.03 bits per heavy atom. The molecule has 0 saturated carbocycles.